The van der Waals surface area contributed by atoms with Crippen LogP contribution in [0.4, 0.5) is 0 Å². The second-order valence-electron chi connectivity index (χ2n) is 5.60. The number of carbonyl (C=O) groups is 1. The van der Waals surface area contributed by atoms with Crippen molar-refractivity contribution in [2.75, 3.05) is 19.6 Å². The van der Waals surface area contributed by atoms with Gasteiger partial charge in [0.1, 0.15) is 0 Å². The molecule has 0 radical (unpaired) electrons. The van der Waals surface area contributed by atoms with Crippen LogP contribution in [0.5, 0.6) is 0 Å². The van der Waals surface area contributed by atoms with Gasteiger partial charge in [0.15, 0.2) is 11.5 Å². The van der Waals surface area contributed by atoms with Crippen LogP contribution in [0.25, 0.3) is 11.5 Å². The molecule has 1 N–H and O–H groups in total. The van der Waals surface area contributed by atoms with Gasteiger partial charge in [-0.3, -0.25) is 4.79 Å². The van der Waals surface area contributed by atoms with Crippen LogP contribution in [0.3, 0.4) is 0 Å². The average molecular weight is 319 g/mol. The third-order valence-corrected chi connectivity index (χ3v) is 3.89. The van der Waals surface area contributed by atoms with Crippen LogP contribution in [-0.4, -0.2) is 41.6 Å². The van der Waals surface area contributed by atoms with E-state index in [9.17, 15) is 4.79 Å². The molecule has 2 rings (SSSR count). The Kier molecular flexibility index (Phi) is 6.40. The number of rotatable bonds is 9. The van der Waals surface area contributed by atoms with E-state index in [4.69, 9.17) is 8.94 Å². The van der Waals surface area contributed by atoms with Gasteiger partial charge in [-0.05, 0) is 51.5 Å². The van der Waals surface area contributed by atoms with Crippen molar-refractivity contribution in [1.82, 2.24) is 15.4 Å². The standard InChI is InChI=1S/C17H25N3O3/c1-4-20(5-2)10-6-8-13(3)18-17(21)14-12-16(23-19-14)15-9-7-11-22-15/h7,9,11-13H,4-6,8,10H2,1-3H3,(H,18,21). The van der Waals surface area contributed by atoms with E-state index in [0.29, 0.717) is 11.5 Å². The zero-order chi connectivity index (χ0) is 16.7. The second kappa shape index (κ2) is 8.53. The largest absolute Gasteiger partial charge is 0.461 e. The Labute approximate surface area is 136 Å². The van der Waals surface area contributed by atoms with Crippen molar-refractivity contribution >= 4 is 5.91 Å². The molecule has 0 fully saturated rings. The van der Waals surface area contributed by atoms with Gasteiger partial charge in [-0.1, -0.05) is 19.0 Å². The Hall–Kier alpha value is -2.08. The van der Waals surface area contributed by atoms with E-state index in [-0.39, 0.29) is 17.6 Å². The van der Waals surface area contributed by atoms with E-state index < -0.39 is 0 Å². The monoisotopic (exact) mass is 319 g/mol. The summed E-state index contributed by atoms with van der Waals surface area (Å²) >= 11 is 0. The SMILES string of the molecule is CCN(CC)CCCC(C)NC(=O)c1cc(-c2ccco2)on1. The number of carbonyl (C=O) groups excluding carboxylic acids is 1. The molecule has 1 amide bonds. The van der Waals surface area contributed by atoms with Gasteiger partial charge in [0.2, 0.25) is 5.76 Å². The summed E-state index contributed by atoms with van der Waals surface area (Å²) < 4.78 is 10.4. The molecule has 0 saturated heterocycles. The van der Waals surface area contributed by atoms with Gasteiger partial charge in [-0.25, -0.2) is 0 Å². The Bertz CT molecular complexity index is 588. The lowest BCUT2D eigenvalue weighted by Crippen LogP contribution is -2.33. The Morgan fingerprint density at radius 1 is 1.35 bits per heavy atom. The van der Waals surface area contributed by atoms with E-state index in [2.05, 4.69) is 29.2 Å². The fraction of sp³-hybridized carbons (Fsp3) is 0.529. The maximum atomic E-state index is 12.2. The normalized spacial score (nSPS) is 12.5. The Morgan fingerprint density at radius 2 is 2.13 bits per heavy atom. The molecule has 0 aliphatic heterocycles. The van der Waals surface area contributed by atoms with Crippen LogP contribution in [0.1, 0.15) is 44.1 Å². The molecule has 2 aromatic heterocycles. The third-order valence-electron chi connectivity index (χ3n) is 3.89. The average Bonchev–Trinajstić information content (AvgIpc) is 3.21. The van der Waals surface area contributed by atoms with Crippen LogP contribution < -0.4 is 5.32 Å². The van der Waals surface area contributed by atoms with E-state index >= 15 is 0 Å². The van der Waals surface area contributed by atoms with Gasteiger partial charge in [0, 0.05) is 12.1 Å². The molecule has 2 heterocycles. The van der Waals surface area contributed by atoms with Gasteiger partial charge in [-0.15, -0.1) is 0 Å². The van der Waals surface area contributed by atoms with E-state index in [1.807, 2.05) is 6.92 Å². The summed E-state index contributed by atoms with van der Waals surface area (Å²) in [5.41, 5.74) is 0.270. The maximum Gasteiger partial charge on any atom is 0.273 e. The summed E-state index contributed by atoms with van der Waals surface area (Å²) in [7, 11) is 0. The number of nitrogens with one attached hydrogen (secondary N) is 1. The van der Waals surface area contributed by atoms with E-state index in [1.165, 1.54) is 0 Å². The van der Waals surface area contributed by atoms with Crippen molar-refractivity contribution in [3.63, 3.8) is 0 Å². The van der Waals surface area contributed by atoms with Crippen molar-refractivity contribution in [3.8, 4) is 11.5 Å². The quantitative estimate of drug-likeness (QED) is 0.768. The van der Waals surface area contributed by atoms with Gasteiger partial charge in [-0.2, -0.15) is 0 Å². The van der Waals surface area contributed by atoms with Crippen molar-refractivity contribution in [2.24, 2.45) is 0 Å². The molecule has 6 heteroatoms. The van der Waals surface area contributed by atoms with Crippen LogP contribution >= 0.6 is 0 Å². The summed E-state index contributed by atoms with van der Waals surface area (Å²) in [5, 5.41) is 6.76. The third kappa shape index (κ3) is 4.96. The highest BCUT2D eigenvalue weighted by molar-refractivity contribution is 5.93. The second-order valence-corrected chi connectivity index (χ2v) is 5.60. The summed E-state index contributed by atoms with van der Waals surface area (Å²) in [4.78, 5) is 14.5. The molecule has 0 bridgehead atoms. The molecule has 0 aliphatic carbocycles. The van der Waals surface area contributed by atoms with Gasteiger partial charge >= 0.3 is 0 Å². The molecule has 1 unspecified atom stereocenters. The molecule has 126 valence electrons. The lowest BCUT2D eigenvalue weighted by atomic mass is 10.1. The zero-order valence-corrected chi connectivity index (χ0v) is 14.0. The van der Waals surface area contributed by atoms with E-state index in [0.717, 1.165) is 32.5 Å². The summed E-state index contributed by atoms with van der Waals surface area (Å²) in [5.74, 6) is 0.792. The van der Waals surface area contributed by atoms with Crippen LogP contribution in [0.2, 0.25) is 0 Å². The van der Waals surface area contributed by atoms with Crippen molar-refractivity contribution in [1.29, 1.82) is 0 Å². The zero-order valence-electron chi connectivity index (χ0n) is 14.0. The predicted molar refractivity (Wildman–Crippen MR) is 88.2 cm³/mol. The molecule has 6 nitrogen and oxygen atoms in total. The Morgan fingerprint density at radius 3 is 2.78 bits per heavy atom. The molecule has 0 saturated carbocycles. The van der Waals surface area contributed by atoms with Crippen LogP contribution in [0.15, 0.2) is 33.4 Å². The van der Waals surface area contributed by atoms with Crippen molar-refractivity contribution in [2.45, 2.75) is 39.7 Å². The minimum Gasteiger partial charge on any atom is -0.461 e. The number of hydrogen-bond donors (Lipinski definition) is 1. The minimum atomic E-state index is -0.220. The smallest absolute Gasteiger partial charge is 0.273 e. The first-order valence-electron chi connectivity index (χ1n) is 8.17. The lowest BCUT2D eigenvalue weighted by molar-refractivity contribution is 0.0928. The maximum absolute atomic E-state index is 12.2. The Balaban J connectivity index is 1.80. The fourth-order valence-electron chi connectivity index (χ4n) is 2.45. The topological polar surface area (TPSA) is 71.5 Å². The van der Waals surface area contributed by atoms with Gasteiger partial charge < -0.3 is 19.2 Å². The van der Waals surface area contributed by atoms with Gasteiger partial charge in [0.05, 0.1) is 6.26 Å². The number of amides is 1. The number of furan rings is 1. The molecule has 0 spiro atoms. The van der Waals surface area contributed by atoms with Crippen LogP contribution in [0, 0.1) is 0 Å². The molecular weight excluding hydrogens is 294 g/mol. The van der Waals surface area contributed by atoms with Crippen molar-refractivity contribution < 1.29 is 13.7 Å². The van der Waals surface area contributed by atoms with E-state index in [1.54, 1.807) is 24.5 Å². The molecule has 0 aliphatic rings. The minimum absolute atomic E-state index is 0.0989. The highest BCUT2D eigenvalue weighted by Crippen LogP contribution is 2.20. The number of hydrogen-bond acceptors (Lipinski definition) is 5. The highest BCUT2D eigenvalue weighted by atomic mass is 16.5. The molecule has 23 heavy (non-hydrogen) atoms. The number of aromatic nitrogens is 1. The first kappa shape index (κ1) is 17.3. The van der Waals surface area contributed by atoms with Gasteiger partial charge in [0.25, 0.3) is 5.91 Å². The van der Waals surface area contributed by atoms with Crippen molar-refractivity contribution in [3.05, 3.63) is 30.2 Å². The lowest BCUT2D eigenvalue weighted by Gasteiger charge is -2.19. The number of nitrogens with zero attached hydrogens (tertiary/aromatic N) is 2. The molecule has 2 aromatic rings. The van der Waals surface area contributed by atoms with Crippen LogP contribution in [-0.2, 0) is 0 Å². The predicted octanol–water partition coefficient (Wildman–Crippen LogP) is 3.17. The summed E-state index contributed by atoms with van der Waals surface area (Å²) in [6.07, 6.45) is 3.54. The highest BCUT2D eigenvalue weighted by Gasteiger charge is 2.16. The molecule has 1 atom stereocenters. The first-order valence-corrected chi connectivity index (χ1v) is 8.17. The first-order chi connectivity index (χ1) is 11.1. The molecule has 0 aromatic carbocycles. The summed E-state index contributed by atoms with van der Waals surface area (Å²) in [6.45, 7) is 9.51. The molecular formula is C17H25N3O3. The summed E-state index contributed by atoms with van der Waals surface area (Å²) in [6, 6.07) is 5.21. The fourth-order valence-corrected chi connectivity index (χ4v) is 2.45.